The van der Waals surface area contributed by atoms with Crippen molar-refractivity contribution < 1.29 is 9.32 Å². The molecule has 11 heteroatoms. The van der Waals surface area contributed by atoms with Gasteiger partial charge in [0.1, 0.15) is 11.0 Å². The maximum absolute atomic E-state index is 11.3. The van der Waals surface area contributed by atoms with Gasteiger partial charge in [-0.25, -0.2) is 9.35 Å². The number of thiophene rings is 2. The molecule has 0 aromatic carbocycles. The number of nitrogens with zero attached hydrogens (tertiary/aromatic N) is 2. The van der Waals surface area contributed by atoms with Crippen LogP contribution in [-0.4, -0.2) is 18.1 Å². The summed E-state index contributed by atoms with van der Waals surface area (Å²) in [7, 11) is -1.72. The van der Waals surface area contributed by atoms with Crippen LogP contribution in [0.15, 0.2) is 15.7 Å². The van der Waals surface area contributed by atoms with E-state index in [1.54, 1.807) is 16.7 Å². The third-order valence-electron chi connectivity index (χ3n) is 3.30. The van der Waals surface area contributed by atoms with Gasteiger partial charge >= 0.3 is 0 Å². The van der Waals surface area contributed by atoms with Crippen LogP contribution in [0.3, 0.4) is 0 Å². The molecule has 7 nitrogen and oxygen atoms in total. The average Bonchev–Trinajstić information content (AvgIpc) is 3.20. The fourth-order valence-electron chi connectivity index (χ4n) is 1.99. The molecule has 5 N–H and O–H groups in total. The van der Waals surface area contributed by atoms with E-state index in [0.717, 1.165) is 23.1 Å². The standard InChI is InChI=1S/C13H15N5O2S4/c1-6-3-8(22-7(6)2)4-15-11-12(18-23-17-11)16-9-5-21-13(10(9)19)24(14)20/h3,5,19H,4,14H2,1-2H3,(H,15,17)(H,16,18). The number of aromatic nitrogens is 2. The van der Waals surface area contributed by atoms with E-state index in [1.807, 2.05) is 0 Å². The van der Waals surface area contributed by atoms with Crippen molar-refractivity contribution in [1.82, 2.24) is 8.75 Å². The molecule has 128 valence electrons. The highest BCUT2D eigenvalue weighted by Gasteiger charge is 2.17. The fraction of sp³-hybridized carbons (Fsp3) is 0.231. The largest absolute Gasteiger partial charge is 0.504 e. The molecule has 0 aliphatic heterocycles. The Morgan fingerprint density at radius 3 is 2.71 bits per heavy atom. The molecule has 0 saturated heterocycles. The quantitative estimate of drug-likeness (QED) is 0.504. The Hall–Kier alpha value is -1.53. The molecule has 3 rings (SSSR count). The van der Waals surface area contributed by atoms with Crippen molar-refractivity contribution in [2.24, 2.45) is 5.14 Å². The van der Waals surface area contributed by atoms with Crippen molar-refractivity contribution in [1.29, 1.82) is 0 Å². The summed E-state index contributed by atoms with van der Waals surface area (Å²) in [5.74, 6) is 0.987. The first-order chi connectivity index (χ1) is 11.5. The van der Waals surface area contributed by atoms with Gasteiger partial charge in [0.25, 0.3) is 0 Å². The molecule has 0 aliphatic rings. The van der Waals surface area contributed by atoms with Crippen molar-refractivity contribution in [2.45, 2.75) is 24.6 Å². The minimum atomic E-state index is -1.72. The van der Waals surface area contributed by atoms with Gasteiger partial charge in [-0.05, 0) is 25.5 Å². The average molecular weight is 402 g/mol. The van der Waals surface area contributed by atoms with E-state index < -0.39 is 11.0 Å². The number of aromatic hydroxyl groups is 1. The number of anilines is 3. The topological polar surface area (TPSA) is 113 Å². The molecule has 3 aromatic heterocycles. The van der Waals surface area contributed by atoms with E-state index in [0.29, 0.717) is 23.9 Å². The molecule has 3 aromatic rings. The zero-order valence-corrected chi connectivity index (χ0v) is 16.1. The lowest BCUT2D eigenvalue weighted by molar-refractivity contribution is 0.468. The van der Waals surface area contributed by atoms with Crippen LogP contribution in [-0.2, 0) is 17.5 Å². The minimum absolute atomic E-state index is 0.121. The van der Waals surface area contributed by atoms with E-state index in [9.17, 15) is 9.32 Å². The first kappa shape index (κ1) is 17.3. The van der Waals surface area contributed by atoms with Gasteiger partial charge in [0.15, 0.2) is 21.6 Å². The molecular formula is C13H15N5O2S4. The molecular weight excluding hydrogens is 386 g/mol. The predicted molar refractivity (Wildman–Crippen MR) is 101 cm³/mol. The number of nitrogens with one attached hydrogen (secondary N) is 2. The van der Waals surface area contributed by atoms with E-state index in [4.69, 9.17) is 5.14 Å². The number of hydrogen-bond acceptors (Lipinski definition) is 9. The lowest BCUT2D eigenvalue weighted by Gasteiger charge is -2.06. The zero-order chi connectivity index (χ0) is 17.3. The summed E-state index contributed by atoms with van der Waals surface area (Å²) >= 11 is 3.93. The first-order valence-corrected chi connectivity index (χ1v) is 10.5. The fourth-order valence-corrected chi connectivity index (χ4v) is 4.91. The van der Waals surface area contributed by atoms with Crippen LogP contribution >= 0.6 is 34.4 Å². The Morgan fingerprint density at radius 1 is 1.33 bits per heavy atom. The Bertz CT molecular complexity index is 865. The Balaban J connectivity index is 1.72. The van der Waals surface area contributed by atoms with E-state index >= 15 is 0 Å². The molecule has 24 heavy (non-hydrogen) atoms. The summed E-state index contributed by atoms with van der Waals surface area (Å²) in [6, 6.07) is 2.15. The lowest BCUT2D eigenvalue weighted by atomic mass is 10.3. The third kappa shape index (κ3) is 3.59. The minimum Gasteiger partial charge on any atom is -0.504 e. The Labute approximate surface area is 153 Å². The Morgan fingerprint density at radius 2 is 2.08 bits per heavy atom. The maximum atomic E-state index is 11.3. The van der Waals surface area contributed by atoms with Crippen molar-refractivity contribution in [3.63, 3.8) is 0 Å². The predicted octanol–water partition coefficient (Wildman–Crippen LogP) is 3.32. The van der Waals surface area contributed by atoms with Crippen molar-refractivity contribution in [3.05, 3.63) is 26.8 Å². The molecule has 0 fully saturated rings. The van der Waals surface area contributed by atoms with Crippen molar-refractivity contribution in [3.8, 4) is 5.75 Å². The highest BCUT2D eigenvalue weighted by Crippen LogP contribution is 2.38. The van der Waals surface area contributed by atoms with Gasteiger partial charge < -0.3 is 15.7 Å². The smallest absolute Gasteiger partial charge is 0.188 e. The molecule has 3 heterocycles. The van der Waals surface area contributed by atoms with E-state index in [-0.39, 0.29) is 9.96 Å². The molecule has 0 bridgehead atoms. The van der Waals surface area contributed by atoms with Crippen LogP contribution in [0.1, 0.15) is 15.3 Å². The van der Waals surface area contributed by atoms with Crippen LogP contribution in [0.5, 0.6) is 5.75 Å². The SMILES string of the molecule is Cc1cc(CNc2nsnc2Nc2csc(S(N)=O)c2O)sc1C. The van der Waals surface area contributed by atoms with Gasteiger partial charge in [0.2, 0.25) is 0 Å². The highest BCUT2D eigenvalue weighted by atomic mass is 32.2. The molecule has 0 radical (unpaired) electrons. The zero-order valence-electron chi connectivity index (χ0n) is 12.8. The summed E-state index contributed by atoms with van der Waals surface area (Å²) in [6.45, 7) is 4.83. The van der Waals surface area contributed by atoms with Crippen LogP contribution in [0.4, 0.5) is 17.3 Å². The third-order valence-corrected chi connectivity index (χ3v) is 7.09. The second kappa shape index (κ2) is 7.15. The van der Waals surface area contributed by atoms with Crippen LogP contribution < -0.4 is 15.8 Å². The number of nitrogens with two attached hydrogens (primary N) is 1. The van der Waals surface area contributed by atoms with Crippen LogP contribution in [0.2, 0.25) is 0 Å². The second-order valence-corrected chi connectivity index (χ2v) is 8.99. The summed E-state index contributed by atoms with van der Waals surface area (Å²) in [6.07, 6.45) is 0. The van der Waals surface area contributed by atoms with Gasteiger partial charge in [-0.1, -0.05) is 0 Å². The second-order valence-electron chi connectivity index (χ2n) is 4.97. The van der Waals surface area contributed by atoms with E-state index in [2.05, 4.69) is 39.3 Å². The molecule has 1 atom stereocenters. The summed E-state index contributed by atoms with van der Waals surface area (Å²) in [4.78, 5) is 2.51. The number of rotatable bonds is 6. The highest BCUT2D eigenvalue weighted by molar-refractivity contribution is 7.85. The first-order valence-electron chi connectivity index (χ1n) is 6.81. The van der Waals surface area contributed by atoms with Crippen molar-refractivity contribution in [2.75, 3.05) is 10.6 Å². The monoisotopic (exact) mass is 401 g/mol. The molecule has 0 amide bonds. The summed E-state index contributed by atoms with van der Waals surface area (Å²) in [5.41, 5.74) is 1.68. The van der Waals surface area contributed by atoms with Gasteiger partial charge in [-0.3, -0.25) is 0 Å². The number of aryl methyl sites for hydroxylation is 2. The van der Waals surface area contributed by atoms with Gasteiger partial charge in [-0.15, -0.1) is 22.7 Å². The van der Waals surface area contributed by atoms with Crippen LogP contribution in [0.25, 0.3) is 0 Å². The van der Waals surface area contributed by atoms with E-state index in [1.165, 1.54) is 15.3 Å². The molecule has 1 unspecified atom stereocenters. The molecule has 0 saturated carbocycles. The van der Waals surface area contributed by atoms with Gasteiger partial charge in [0, 0.05) is 15.1 Å². The maximum Gasteiger partial charge on any atom is 0.188 e. The van der Waals surface area contributed by atoms with Gasteiger partial charge in [-0.2, -0.15) is 8.75 Å². The summed E-state index contributed by atoms with van der Waals surface area (Å²) < 4.78 is 19.9. The molecule has 0 spiro atoms. The molecule has 0 aliphatic carbocycles. The summed E-state index contributed by atoms with van der Waals surface area (Å²) in [5, 5.41) is 23.2. The lowest BCUT2D eigenvalue weighted by Crippen LogP contribution is -2.02. The van der Waals surface area contributed by atoms with Crippen molar-refractivity contribution >= 4 is 62.7 Å². The Kier molecular flexibility index (Phi) is 5.15. The van der Waals surface area contributed by atoms with Gasteiger partial charge in [0.05, 0.1) is 24.0 Å². The van der Waals surface area contributed by atoms with Crippen LogP contribution in [0, 0.1) is 13.8 Å². The normalized spacial score (nSPS) is 12.3. The number of hydrogen-bond donors (Lipinski definition) is 4.